The Balaban J connectivity index is 4.62. The van der Waals surface area contributed by atoms with Crippen LogP contribution in [0.25, 0.3) is 0 Å². The number of hydrogen-bond acceptors (Lipinski definition) is 3. The second kappa shape index (κ2) is 4.99. The van der Waals surface area contributed by atoms with Gasteiger partial charge in [-0.25, -0.2) is 0 Å². The fourth-order valence-corrected chi connectivity index (χ4v) is 0.836. The largest absolute Gasteiger partial charge is 0.402 e. The molecule has 0 aromatic carbocycles. The van der Waals surface area contributed by atoms with E-state index in [4.69, 9.17) is 12.2 Å². The number of carbonyl (C=O) groups excluding carboxylic acids is 2. The maximum Gasteiger partial charge on any atom is 0.257 e. The molecule has 0 atom stereocenters. The zero-order valence-corrected chi connectivity index (χ0v) is 7.68. The summed E-state index contributed by atoms with van der Waals surface area (Å²) < 4.78 is 0. The van der Waals surface area contributed by atoms with E-state index < -0.39 is 5.91 Å². The molecule has 0 heterocycles. The van der Waals surface area contributed by atoms with Gasteiger partial charge >= 0.3 is 0 Å². The molecule has 4 heteroatoms. The molecule has 3 N–H and O–H groups in total. The van der Waals surface area contributed by atoms with Crippen LogP contribution in [-0.2, 0) is 9.59 Å². The molecule has 13 heavy (non-hydrogen) atoms. The van der Waals surface area contributed by atoms with Crippen molar-refractivity contribution >= 4 is 11.7 Å². The number of nitrogens with one attached hydrogen (secondary N) is 1. The van der Waals surface area contributed by atoms with E-state index in [1.165, 1.54) is 13.8 Å². The van der Waals surface area contributed by atoms with Crippen molar-refractivity contribution in [3.8, 4) is 12.3 Å². The first-order chi connectivity index (χ1) is 6.00. The Morgan fingerprint density at radius 3 is 2.31 bits per heavy atom. The Morgan fingerprint density at radius 1 is 1.46 bits per heavy atom. The summed E-state index contributed by atoms with van der Waals surface area (Å²) in [5, 5.41) is 2.36. The maximum atomic E-state index is 11.2. The van der Waals surface area contributed by atoms with E-state index in [-0.39, 0.29) is 23.6 Å². The van der Waals surface area contributed by atoms with Gasteiger partial charge in [0.1, 0.15) is 5.57 Å². The maximum absolute atomic E-state index is 11.2. The second-order valence-electron chi connectivity index (χ2n) is 2.50. The van der Waals surface area contributed by atoms with E-state index in [9.17, 15) is 9.59 Å². The van der Waals surface area contributed by atoms with Crippen molar-refractivity contribution in [2.75, 3.05) is 6.54 Å². The number of carbonyl (C=O) groups is 2. The summed E-state index contributed by atoms with van der Waals surface area (Å²) in [6.07, 6.45) is 4.93. The molecule has 0 unspecified atom stereocenters. The van der Waals surface area contributed by atoms with Crippen LogP contribution in [0.1, 0.15) is 13.8 Å². The van der Waals surface area contributed by atoms with Gasteiger partial charge in [0, 0.05) is 5.70 Å². The normalized spacial score (nSPS) is 11.2. The van der Waals surface area contributed by atoms with Crippen molar-refractivity contribution in [3.63, 3.8) is 0 Å². The average molecular weight is 180 g/mol. The monoisotopic (exact) mass is 180 g/mol. The number of Topliss-reactive ketones (excluding diaryl/α,β-unsaturated/α-hetero) is 1. The molecule has 0 aromatic heterocycles. The van der Waals surface area contributed by atoms with Crippen molar-refractivity contribution in [1.82, 2.24) is 5.32 Å². The van der Waals surface area contributed by atoms with Gasteiger partial charge in [-0.05, 0) is 13.8 Å². The average Bonchev–Trinajstić information content (AvgIpc) is 1.99. The van der Waals surface area contributed by atoms with Gasteiger partial charge in [-0.3, -0.25) is 9.59 Å². The Labute approximate surface area is 77.2 Å². The van der Waals surface area contributed by atoms with E-state index >= 15 is 0 Å². The molecule has 0 rings (SSSR count). The van der Waals surface area contributed by atoms with Crippen LogP contribution in [0.2, 0.25) is 0 Å². The van der Waals surface area contributed by atoms with Crippen LogP contribution in [0.15, 0.2) is 11.3 Å². The Hall–Kier alpha value is -1.76. The van der Waals surface area contributed by atoms with Gasteiger partial charge in [-0.15, -0.1) is 6.42 Å². The van der Waals surface area contributed by atoms with Gasteiger partial charge in [0.05, 0.1) is 6.54 Å². The molecule has 0 radical (unpaired) electrons. The van der Waals surface area contributed by atoms with Gasteiger partial charge in [-0.1, -0.05) is 5.92 Å². The van der Waals surface area contributed by atoms with Gasteiger partial charge in [0.15, 0.2) is 5.78 Å². The Morgan fingerprint density at radius 2 is 2.00 bits per heavy atom. The highest BCUT2D eigenvalue weighted by Gasteiger charge is 2.15. The lowest BCUT2D eigenvalue weighted by atomic mass is 10.1. The van der Waals surface area contributed by atoms with Gasteiger partial charge in [-0.2, -0.15) is 0 Å². The zero-order valence-electron chi connectivity index (χ0n) is 7.68. The van der Waals surface area contributed by atoms with Gasteiger partial charge in [0.2, 0.25) is 0 Å². The Kier molecular flexibility index (Phi) is 4.31. The topological polar surface area (TPSA) is 72.2 Å². The fourth-order valence-electron chi connectivity index (χ4n) is 0.836. The summed E-state index contributed by atoms with van der Waals surface area (Å²) >= 11 is 0. The van der Waals surface area contributed by atoms with Crippen molar-refractivity contribution < 1.29 is 9.59 Å². The van der Waals surface area contributed by atoms with Crippen LogP contribution in [0.4, 0.5) is 0 Å². The first-order valence-electron chi connectivity index (χ1n) is 3.69. The first-order valence-corrected chi connectivity index (χ1v) is 3.69. The number of allylic oxidation sites excluding steroid dienone is 1. The molecule has 0 aromatic rings. The third-order valence-corrected chi connectivity index (χ3v) is 1.32. The summed E-state index contributed by atoms with van der Waals surface area (Å²) in [4.78, 5) is 22.2. The van der Waals surface area contributed by atoms with E-state index in [1.807, 2.05) is 0 Å². The van der Waals surface area contributed by atoms with Crippen LogP contribution in [-0.4, -0.2) is 18.2 Å². The molecule has 0 aliphatic rings. The summed E-state index contributed by atoms with van der Waals surface area (Å²) in [5.74, 6) is 1.34. The Bertz CT molecular complexity index is 293. The molecule has 0 aliphatic carbocycles. The molecule has 0 saturated heterocycles. The standard InChI is InChI=1S/C9H12N2O2/c1-4-5-11-9(13)8(6(2)10)7(3)12/h1H,5,10H2,2-3H3,(H,11,13)/b8-6-. The van der Waals surface area contributed by atoms with Crippen molar-refractivity contribution in [2.24, 2.45) is 5.73 Å². The second-order valence-corrected chi connectivity index (χ2v) is 2.50. The third-order valence-electron chi connectivity index (χ3n) is 1.32. The highest BCUT2D eigenvalue weighted by molar-refractivity contribution is 6.18. The SMILES string of the molecule is C#CCNC(=O)/C(C(C)=O)=C(/C)N. The van der Waals surface area contributed by atoms with Crippen LogP contribution in [0.5, 0.6) is 0 Å². The predicted octanol–water partition coefficient (Wildman–Crippen LogP) is -0.442. The third kappa shape index (κ3) is 3.43. The summed E-state index contributed by atoms with van der Waals surface area (Å²) in [5.41, 5.74) is 5.52. The number of rotatable bonds is 3. The minimum atomic E-state index is -0.523. The quantitative estimate of drug-likeness (QED) is 0.267. The summed E-state index contributed by atoms with van der Waals surface area (Å²) in [6.45, 7) is 2.86. The fraction of sp³-hybridized carbons (Fsp3) is 0.333. The smallest absolute Gasteiger partial charge is 0.257 e. The van der Waals surface area contributed by atoms with Crippen LogP contribution >= 0.6 is 0 Å². The first kappa shape index (κ1) is 11.2. The van der Waals surface area contributed by atoms with E-state index in [2.05, 4.69) is 11.2 Å². The lowest BCUT2D eigenvalue weighted by Gasteiger charge is -2.04. The number of terminal acetylenes is 1. The van der Waals surface area contributed by atoms with Crippen LogP contribution in [0, 0.1) is 12.3 Å². The van der Waals surface area contributed by atoms with E-state index in [0.29, 0.717) is 0 Å². The molecule has 0 fully saturated rings. The van der Waals surface area contributed by atoms with Crippen molar-refractivity contribution in [3.05, 3.63) is 11.3 Å². The predicted molar refractivity (Wildman–Crippen MR) is 49.4 cm³/mol. The van der Waals surface area contributed by atoms with E-state index in [0.717, 1.165) is 0 Å². The molecular formula is C9H12N2O2. The molecule has 1 amide bonds. The van der Waals surface area contributed by atoms with E-state index in [1.54, 1.807) is 0 Å². The minimum absolute atomic E-state index is 0.0322. The number of amides is 1. The molecule has 70 valence electrons. The van der Waals surface area contributed by atoms with Crippen molar-refractivity contribution in [2.45, 2.75) is 13.8 Å². The molecule has 4 nitrogen and oxygen atoms in total. The van der Waals surface area contributed by atoms with Crippen LogP contribution in [0.3, 0.4) is 0 Å². The lowest BCUT2D eigenvalue weighted by molar-refractivity contribution is -0.121. The van der Waals surface area contributed by atoms with Gasteiger partial charge < -0.3 is 11.1 Å². The summed E-state index contributed by atoms with van der Waals surface area (Å²) in [6, 6.07) is 0. The van der Waals surface area contributed by atoms with Crippen LogP contribution < -0.4 is 11.1 Å². The highest BCUT2D eigenvalue weighted by atomic mass is 16.2. The highest BCUT2D eigenvalue weighted by Crippen LogP contribution is 1.99. The molecule has 0 spiro atoms. The number of ketones is 1. The molecule has 0 saturated carbocycles. The van der Waals surface area contributed by atoms with Gasteiger partial charge in [0.25, 0.3) is 5.91 Å². The zero-order chi connectivity index (χ0) is 10.4. The molecule has 0 aliphatic heterocycles. The lowest BCUT2D eigenvalue weighted by Crippen LogP contribution is -2.29. The molecular weight excluding hydrogens is 168 g/mol. The summed E-state index contributed by atoms with van der Waals surface area (Å²) in [7, 11) is 0. The number of hydrogen-bond donors (Lipinski definition) is 2. The number of nitrogens with two attached hydrogens (primary N) is 1. The van der Waals surface area contributed by atoms with Crippen molar-refractivity contribution in [1.29, 1.82) is 0 Å². The molecule has 0 bridgehead atoms. The minimum Gasteiger partial charge on any atom is -0.402 e.